The standard InChI is InChI=1S/C13H16F3N3O2.ClH/c14-13(15,16)21-11-4-2-1-3-10(11)18-12(20)9-19-7-5-17-6-8-19;/h1-4,17H,5-9H2,(H,18,20);1H. The van der Waals surface area contributed by atoms with Crippen molar-refractivity contribution in [1.29, 1.82) is 0 Å². The van der Waals surface area contributed by atoms with Crippen LogP contribution in [0.4, 0.5) is 18.9 Å². The molecule has 2 rings (SSSR count). The molecule has 0 aliphatic carbocycles. The molecule has 124 valence electrons. The lowest BCUT2D eigenvalue weighted by Crippen LogP contribution is -2.46. The summed E-state index contributed by atoms with van der Waals surface area (Å²) in [4.78, 5) is 13.8. The number of piperazine rings is 1. The second-order valence-electron chi connectivity index (χ2n) is 4.62. The third kappa shape index (κ3) is 6.08. The first-order valence-electron chi connectivity index (χ1n) is 6.52. The van der Waals surface area contributed by atoms with Crippen LogP contribution in [0.3, 0.4) is 0 Å². The Labute approximate surface area is 132 Å². The number of nitrogens with one attached hydrogen (secondary N) is 2. The summed E-state index contributed by atoms with van der Waals surface area (Å²) in [5.74, 6) is -0.784. The number of ether oxygens (including phenoxy) is 1. The summed E-state index contributed by atoms with van der Waals surface area (Å²) in [5, 5.41) is 5.61. The fourth-order valence-electron chi connectivity index (χ4n) is 2.05. The number of anilines is 1. The van der Waals surface area contributed by atoms with Gasteiger partial charge in [0, 0.05) is 26.2 Å². The summed E-state index contributed by atoms with van der Waals surface area (Å²) in [6.45, 7) is 3.19. The number of benzene rings is 1. The quantitative estimate of drug-likeness (QED) is 0.879. The monoisotopic (exact) mass is 339 g/mol. The van der Waals surface area contributed by atoms with Gasteiger partial charge in [0.2, 0.25) is 5.91 Å². The van der Waals surface area contributed by atoms with Gasteiger partial charge in [0.05, 0.1) is 12.2 Å². The van der Waals surface area contributed by atoms with Gasteiger partial charge in [0.1, 0.15) is 0 Å². The number of carbonyl (C=O) groups excluding carboxylic acids is 1. The van der Waals surface area contributed by atoms with Crippen molar-refractivity contribution >= 4 is 24.0 Å². The van der Waals surface area contributed by atoms with Crippen molar-refractivity contribution in [3.8, 4) is 5.75 Å². The van der Waals surface area contributed by atoms with Crippen LogP contribution in [0.15, 0.2) is 24.3 Å². The molecule has 1 aliphatic rings. The highest BCUT2D eigenvalue weighted by Crippen LogP contribution is 2.29. The average molecular weight is 340 g/mol. The lowest BCUT2D eigenvalue weighted by Gasteiger charge is -2.26. The molecule has 1 fully saturated rings. The molecule has 1 aliphatic heterocycles. The minimum absolute atomic E-state index is 0. The molecule has 1 saturated heterocycles. The molecular weight excluding hydrogens is 323 g/mol. The molecule has 22 heavy (non-hydrogen) atoms. The van der Waals surface area contributed by atoms with Gasteiger partial charge < -0.3 is 15.4 Å². The Kier molecular flexibility index (Phi) is 6.92. The Morgan fingerprint density at radius 1 is 1.27 bits per heavy atom. The van der Waals surface area contributed by atoms with E-state index in [1.807, 2.05) is 4.90 Å². The van der Waals surface area contributed by atoms with E-state index in [4.69, 9.17) is 0 Å². The van der Waals surface area contributed by atoms with Crippen LogP contribution < -0.4 is 15.4 Å². The molecule has 1 aromatic rings. The Morgan fingerprint density at radius 2 is 1.91 bits per heavy atom. The highest BCUT2D eigenvalue weighted by molar-refractivity contribution is 5.93. The summed E-state index contributed by atoms with van der Waals surface area (Å²) >= 11 is 0. The molecule has 0 saturated carbocycles. The minimum atomic E-state index is -4.79. The predicted molar refractivity (Wildman–Crippen MR) is 78.3 cm³/mol. The molecule has 2 N–H and O–H groups in total. The maximum atomic E-state index is 12.3. The zero-order chi connectivity index (χ0) is 15.3. The second-order valence-corrected chi connectivity index (χ2v) is 4.62. The lowest BCUT2D eigenvalue weighted by atomic mass is 10.3. The number of alkyl halides is 3. The van der Waals surface area contributed by atoms with Crippen LogP contribution in [0, 0.1) is 0 Å². The smallest absolute Gasteiger partial charge is 0.404 e. The highest BCUT2D eigenvalue weighted by Gasteiger charge is 2.32. The molecule has 5 nitrogen and oxygen atoms in total. The van der Waals surface area contributed by atoms with Crippen molar-refractivity contribution in [2.75, 3.05) is 38.0 Å². The van der Waals surface area contributed by atoms with Crippen LogP contribution in [0.2, 0.25) is 0 Å². The molecule has 0 aromatic heterocycles. The largest absolute Gasteiger partial charge is 0.573 e. The van der Waals surface area contributed by atoms with Gasteiger partial charge in [-0.2, -0.15) is 0 Å². The second kappa shape index (κ2) is 8.21. The van der Waals surface area contributed by atoms with Crippen molar-refractivity contribution in [3.63, 3.8) is 0 Å². The van der Waals surface area contributed by atoms with Crippen LogP contribution in [-0.4, -0.2) is 49.9 Å². The van der Waals surface area contributed by atoms with E-state index in [1.165, 1.54) is 18.2 Å². The number of hydrogen-bond donors (Lipinski definition) is 2. The normalized spacial score (nSPS) is 15.8. The van der Waals surface area contributed by atoms with Crippen LogP contribution in [0.5, 0.6) is 5.75 Å². The molecular formula is C13H17ClF3N3O2. The summed E-state index contributed by atoms with van der Waals surface area (Å²) in [7, 11) is 0. The maximum absolute atomic E-state index is 12.3. The van der Waals surface area contributed by atoms with Gasteiger partial charge in [-0.15, -0.1) is 25.6 Å². The molecule has 9 heteroatoms. The van der Waals surface area contributed by atoms with E-state index in [0.29, 0.717) is 0 Å². The minimum Gasteiger partial charge on any atom is -0.404 e. The molecule has 0 bridgehead atoms. The van der Waals surface area contributed by atoms with Gasteiger partial charge in [-0.25, -0.2) is 0 Å². The molecule has 1 aromatic carbocycles. The fourth-order valence-corrected chi connectivity index (χ4v) is 2.05. The molecule has 0 radical (unpaired) electrons. The van der Waals surface area contributed by atoms with Crippen molar-refractivity contribution in [2.45, 2.75) is 6.36 Å². The number of nitrogens with zero attached hydrogens (tertiary/aromatic N) is 1. The zero-order valence-electron chi connectivity index (χ0n) is 11.7. The Morgan fingerprint density at radius 3 is 2.55 bits per heavy atom. The third-order valence-corrected chi connectivity index (χ3v) is 2.96. The fraction of sp³-hybridized carbons (Fsp3) is 0.462. The van der Waals surface area contributed by atoms with Gasteiger partial charge in [0.15, 0.2) is 5.75 Å². The summed E-state index contributed by atoms with van der Waals surface area (Å²) in [5.41, 5.74) is 0.00922. The molecule has 0 spiro atoms. The highest BCUT2D eigenvalue weighted by atomic mass is 35.5. The summed E-state index contributed by atoms with van der Waals surface area (Å²) < 4.78 is 40.7. The van der Waals surface area contributed by atoms with Gasteiger partial charge in [0.25, 0.3) is 0 Å². The van der Waals surface area contributed by atoms with E-state index >= 15 is 0 Å². The summed E-state index contributed by atoms with van der Waals surface area (Å²) in [6.07, 6.45) is -4.79. The van der Waals surface area contributed by atoms with Crippen molar-refractivity contribution in [1.82, 2.24) is 10.2 Å². The van der Waals surface area contributed by atoms with E-state index in [2.05, 4.69) is 15.4 Å². The van der Waals surface area contributed by atoms with E-state index in [1.54, 1.807) is 0 Å². The number of carbonyl (C=O) groups is 1. The summed E-state index contributed by atoms with van der Waals surface area (Å²) in [6, 6.07) is 5.47. The van der Waals surface area contributed by atoms with Crippen molar-refractivity contribution in [2.24, 2.45) is 0 Å². The van der Waals surface area contributed by atoms with Gasteiger partial charge in [-0.1, -0.05) is 12.1 Å². The van der Waals surface area contributed by atoms with Crippen LogP contribution in [0.25, 0.3) is 0 Å². The van der Waals surface area contributed by atoms with E-state index < -0.39 is 12.1 Å². The molecule has 0 atom stereocenters. The van der Waals surface area contributed by atoms with Crippen molar-refractivity contribution in [3.05, 3.63) is 24.3 Å². The maximum Gasteiger partial charge on any atom is 0.573 e. The van der Waals surface area contributed by atoms with E-state index in [9.17, 15) is 18.0 Å². The van der Waals surface area contributed by atoms with Crippen LogP contribution in [0.1, 0.15) is 0 Å². The Balaban J connectivity index is 0.00000242. The number of rotatable bonds is 4. The van der Waals surface area contributed by atoms with Crippen molar-refractivity contribution < 1.29 is 22.7 Å². The Hall–Kier alpha value is -1.51. The lowest BCUT2D eigenvalue weighted by molar-refractivity contribution is -0.274. The number of para-hydroxylation sites is 2. The van der Waals surface area contributed by atoms with E-state index in [-0.39, 0.29) is 30.5 Å². The van der Waals surface area contributed by atoms with Gasteiger partial charge >= 0.3 is 6.36 Å². The SMILES string of the molecule is Cl.O=C(CN1CCNCC1)Nc1ccccc1OC(F)(F)F. The predicted octanol–water partition coefficient (Wildman–Crippen LogP) is 1.85. The molecule has 0 unspecified atom stereocenters. The topological polar surface area (TPSA) is 53.6 Å². The van der Waals surface area contributed by atoms with Gasteiger partial charge in [-0.3, -0.25) is 9.69 Å². The van der Waals surface area contributed by atoms with Crippen LogP contribution >= 0.6 is 12.4 Å². The van der Waals surface area contributed by atoms with Gasteiger partial charge in [-0.05, 0) is 12.1 Å². The first-order valence-corrected chi connectivity index (χ1v) is 6.52. The number of amides is 1. The van der Waals surface area contributed by atoms with Crippen LogP contribution in [-0.2, 0) is 4.79 Å². The number of halogens is 4. The number of hydrogen-bond acceptors (Lipinski definition) is 4. The molecule has 1 amide bonds. The first kappa shape index (κ1) is 18.5. The van der Waals surface area contributed by atoms with E-state index in [0.717, 1.165) is 32.2 Å². The Bertz CT molecular complexity index is 494. The zero-order valence-corrected chi connectivity index (χ0v) is 12.5. The molecule has 1 heterocycles. The third-order valence-electron chi connectivity index (χ3n) is 2.96. The average Bonchev–Trinajstić information content (AvgIpc) is 2.40. The first-order chi connectivity index (χ1) is 9.94.